The van der Waals surface area contributed by atoms with Crippen LogP contribution in [0.3, 0.4) is 0 Å². The summed E-state index contributed by atoms with van der Waals surface area (Å²) in [4.78, 5) is -1.25. The molecule has 0 aliphatic heterocycles. The van der Waals surface area contributed by atoms with Crippen LogP contribution in [-0.2, 0) is 20.2 Å². The topological polar surface area (TPSA) is 109 Å². The van der Waals surface area contributed by atoms with Crippen LogP contribution >= 0.6 is 0 Å². The predicted octanol–water partition coefficient (Wildman–Crippen LogP) is -4.94. The normalized spacial score (nSPS) is 11.0. The first kappa shape index (κ1) is 22.3. The molecule has 0 aliphatic carbocycles. The molecule has 0 saturated carbocycles. The molecule has 1 rings (SSSR count). The van der Waals surface area contributed by atoms with E-state index in [1.54, 1.807) is 0 Å². The smallest absolute Gasteiger partial charge is 1.00 e. The molecule has 2 N–H and O–H groups in total. The molecule has 0 amide bonds. The van der Waals surface area contributed by atoms with Crippen molar-refractivity contribution in [2.45, 2.75) is 9.79 Å². The van der Waals surface area contributed by atoms with Gasteiger partial charge in [0.25, 0.3) is 20.2 Å². The van der Waals surface area contributed by atoms with Gasteiger partial charge >= 0.3 is 103 Å². The summed E-state index contributed by atoms with van der Waals surface area (Å²) < 4.78 is 60.9. The van der Waals surface area contributed by atoms with E-state index in [-0.39, 0.29) is 111 Å². The van der Waals surface area contributed by atoms with Gasteiger partial charge in [0.1, 0.15) is 4.90 Å². The van der Waals surface area contributed by atoms with Gasteiger partial charge in [-0.05, 0) is 17.7 Å². The summed E-state index contributed by atoms with van der Waals surface area (Å²) in [5, 5.41) is 0. The minimum Gasteiger partial charge on any atom is -1.00 e. The van der Waals surface area contributed by atoms with Crippen molar-refractivity contribution in [3.63, 3.8) is 0 Å². The summed E-state index contributed by atoms with van der Waals surface area (Å²) in [5.41, 5.74) is 0.0369. The van der Waals surface area contributed by atoms with Crippen LogP contribution in [0.15, 0.2) is 34.6 Å². The van der Waals surface area contributed by atoms with Crippen LogP contribution in [0.4, 0.5) is 0 Å². The van der Waals surface area contributed by atoms with E-state index in [1.165, 1.54) is 0 Å². The van der Waals surface area contributed by atoms with E-state index in [4.69, 9.17) is 9.11 Å². The quantitative estimate of drug-likeness (QED) is 0.420. The fraction of sp³-hybridized carbons (Fsp3) is 0. The molecule has 1 aromatic carbocycles. The first-order valence-electron chi connectivity index (χ1n) is 3.88. The molecule has 0 aromatic heterocycles. The van der Waals surface area contributed by atoms with Gasteiger partial charge in [-0.3, -0.25) is 9.11 Å². The van der Waals surface area contributed by atoms with Crippen molar-refractivity contribution in [1.29, 1.82) is 0 Å². The summed E-state index contributed by atoms with van der Waals surface area (Å²) in [6.07, 6.45) is 1.14. The third-order valence-corrected chi connectivity index (χ3v) is 3.54. The van der Waals surface area contributed by atoms with E-state index in [9.17, 15) is 16.8 Å². The Morgan fingerprint density at radius 3 is 1.89 bits per heavy atom. The second-order valence-electron chi connectivity index (χ2n) is 2.85. The number of hydrogen-bond acceptors (Lipinski definition) is 4. The van der Waals surface area contributed by atoms with E-state index in [1.807, 2.05) is 0 Å². The average molecular weight is 344 g/mol. The van der Waals surface area contributed by atoms with E-state index >= 15 is 0 Å². The molecule has 0 radical (unpaired) electrons. The van der Waals surface area contributed by atoms with Crippen molar-refractivity contribution in [3.05, 3.63) is 30.3 Å². The molecule has 0 spiro atoms. The van der Waals surface area contributed by atoms with Crippen LogP contribution in [0.1, 0.15) is 8.42 Å². The van der Waals surface area contributed by atoms with Crippen molar-refractivity contribution in [1.82, 2.24) is 0 Å². The van der Waals surface area contributed by atoms with Crippen molar-refractivity contribution >= 4 is 26.3 Å². The van der Waals surface area contributed by atoms with Gasteiger partial charge in [-0.1, -0.05) is 18.7 Å². The molecule has 0 atom stereocenters. The van der Waals surface area contributed by atoms with Gasteiger partial charge in [0.05, 0.1) is 4.90 Å². The van der Waals surface area contributed by atoms with Crippen LogP contribution in [0, 0.1) is 0 Å². The van der Waals surface area contributed by atoms with Crippen molar-refractivity contribution < 1.29 is 132 Å². The molecule has 0 aliphatic rings. The summed E-state index contributed by atoms with van der Waals surface area (Å²) in [6, 6.07) is 2.77. The fourth-order valence-electron chi connectivity index (χ4n) is 1.07. The van der Waals surface area contributed by atoms with E-state index in [0.29, 0.717) is 6.07 Å². The second kappa shape index (κ2) is 8.48. The van der Waals surface area contributed by atoms with Crippen LogP contribution in [-0.4, -0.2) is 25.9 Å². The number of benzene rings is 1. The number of rotatable bonds is 3. The van der Waals surface area contributed by atoms with Crippen molar-refractivity contribution in [2.75, 3.05) is 0 Å². The summed E-state index contributed by atoms with van der Waals surface area (Å²) in [6.45, 7) is 3.31. The molecule has 92 valence electrons. The zero-order valence-corrected chi connectivity index (χ0v) is 17.7. The first-order chi connectivity index (χ1) is 7.16. The molecule has 18 heavy (non-hydrogen) atoms. The third-order valence-electron chi connectivity index (χ3n) is 1.78. The minimum atomic E-state index is -4.58. The standard InChI is InChI=1S/C8H8O6S2.2K.2H/c1-2-6-3-4-7(15(9,10)11)5-8(6)16(12,13)14;;;;/h2-5H,1H2,(H,9,10,11)(H,12,13,14);;;;/q;2*+1;2*-1. The number of hydrogen-bond donors (Lipinski definition) is 2. The molecule has 10 heteroatoms. The van der Waals surface area contributed by atoms with Gasteiger partial charge in [0, 0.05) is 0 Å². The Hall–Kier alpha value is 2.05. The van der Waals surface area contributed by atoms with Gasteiger partial charge in [0.2, 0.25) is 0 Å². The van der Waals surface area contributed by atoms with Crippen LogP contribution in [0.5, 0.6) is 0 Å². The maximum Gasteiger partial charge on any atom is 1.00 e. The Kier molecular flexibility index (Phi) is 10.5. The molecule has 0 bridgehead atoms. The Bertz CT molecular complexity index is 645. The molecular formula is C8H10K2O6S2. The van der Waals surface area contributed by atoms with Gasteiger partial charge < -0.3 is 2.85 Å². The van der Waals surface area contributed by atoms with Gasteiger partial charge in [-0.15, -0.1) is 0 Å². The Morgan fingerprint density at radius 1 is 1.06 bits per heavy atom. The van der Waals surface area contributed by atoms with Crippen LogP contribution < -0.4 is 103 Å². The van der Waals surface area contributed by atoms with Gasteiger partial charge in [0.15, 0.2) is 0 Å². The third kappa shape index (κ3) is 6.22. The molecule has 0 saturated heterocycles. The van der Waals surface area contributed by atoms with Gasteiger partial charge in [-0.2, -0.15) is 16.8 Å². The zero-order valence-electron chi connectivity index (χ0n) is 11.9. The molecule has 0 unspecified atom stereocenters. The molecular weight excluding hydrogens is 334 g/mol. The summed E-state index contributed by atoms with van der Waals surface area (Å²) in [5.74, 6) is 0. The van der Waals surface area contributed by atoms with Crippen molar-refractivity contribution in [2.24, 2.45) is 0 Å². The van der Waals surface area contributed by atoms with Crippen LogP contribution in [0.25, 0.3) is 6.08 Å². The average Bonchev–Trinajstić information content (AvgIpc) is 2.14. The minimum absolute atomic E-state index is 0. The maximum absolute atomic E-state index is 10.9. The molecule has 0 heterocycles. The second-order valence-corrected chi connectivity index (χ2v) is 5.67. The van der Waals surface area contributed by atoms with Crippen LogP contribution in [0.2, 0.25) is 0 Å². The summed E-state index contributed by atoms with van der Waals surface area (Å²) in [7, 11) is -9.10. The monoisotopic (exact) mass is 344 g/mol. The fourth-order valence-corrected chi connectivity index (χ4v) is 2.37. The Morgan fingerprint density at radius 2 is 1.56 bits per heavy atom. The summed E-state index contributed by atoms with van der Waals surface area (Å²) >= 11 is 0. The Labute approximate surface area is 194 Å². The predicted molar refractivity (Wildman–Crippen MR) is 58.4 cm³/mol. The van der Waals surface area contributed by atoms with E-state index in [0.717, 1.165) is 18.2 Å². The molecule has 0 fully saturated rings. The van der Waals surface area contributed by atoms with Gasteiger partial charge in [-0.25, -0.2) is 0 Å². The zero-order chi connectivity index (χ0) is 12.6. The first-order valence-corrected chi connectivity index (χ1v) is 6.76. The van der Waals surface area contributed by atoms with Crippen molar-refractivity contribution in [3.8, 4) is 0 Å². The molecule has 1 aromatic rings. The maximum atomic E-state index is 10.9. The SMILES string of the molecule is C=Cc1ccc(S(=O)(=O)O)cc1S(=O)(=O)O.[H-].[H-].[K+].[K+]. The van der Waals surface area contributed by atoms with E-state index < -0.39 is 30.0 Å². The Balaban J connectivity index is -0.000000320. The largest absolute Gasteiger partial charge is 1.00 e. The van der Waals surface area contributed by atoms with E-state index in [2.05, 4.69) is 6.58 Å². The molecule has 6 nitrogen and oxygen atoms in total.